The van der Waals surface area contributed by atoms with E-state index in [2.05, 4.69) is 5.32 Å². The third-order valence-electron chi connectivity index (χ3n) is 1.31. The number of halogens is 1. The predicted octanol–water partition coefficient (Wildman–Crippen LogP) is 0.667. The molecule has 0 bridgehead atoms. The summed E-state index contributed by atoms with van der Waals surface area (Å²) < 4.78 is 1.05. The van der Waals surface area contributed by atoms with E-state index >= 15 is 0 Å². The predicted molar refractivity (Wildman–Crippen MR) is 43.5 cm³/mol. The molecular formula is C5H7IN2O2. The van der Waals surface area contributed by atoms with Gasteiger partial charge in [-0.1, -0.05) is 0 Å². The molecule has 0 aromatic rings. The van der Waals surface area contributed by atoms with E-state index in [9.17, 15) is 9.59 Å². The average molecular weight is 254 g/mol. The maximum atomic E-state index is 11.1. The van der Waals surface area contributed by atoms with E-state index in [1.54, 1.807) is 36.7 Å². The summed E-state index contributed by atoms with van der Waals surface area (Å²) in [5.41, 5.74) is -0.724. The number of amides is 3. The second-order valence-corrected chi connectivity index (χ2v) is 3.61. The molecule has 5 heteroatoms. The highest BCUT2D eigenvalue weighted by molar-refractivity contribution is 14.1. The number of nitrogens with zero attached hydrogens (tertiary/aromatic N) is 1. The number of nitrogens with one attached hydrogen (secondary N) is 1. The normalized spacial score (nSPS) is 23.3. The first kappa shape index (κ1) is 7.77. The number of urea groups is 1. The fraction of sp³-hybridized carbons (Fsp3) is 0.600. The number of carbonyl (C=O) groups excluding carboxylic acids is 2. The molecule has 1 aliphatic rings. The van der Waals surface area contributed by atoms with Gasteiger partial charge in [-0.25, -0.2) is 7.91 Å². The van der Waals surface area contributed by atoms with Gasteiger partial charge in [0.2, 0.25) is 0 Å². The molecule has 0 spiro atoms. The van der Waals surface area contributed by atoms with Crippen LogP contribution in [-0.4, -0.2) is 20.6 Å². The van der Waals surface area contributed by atoms with Gasteiger partial charge in [0, 0.05) is 0 Å². The molecule has 3 amide bonds. The molecule has 1 saturated heterocycles. The number of hydrogen-bond donors (Lipinski definition) is 1. The van der Waals surface area contributed by atoms with Crippen molar-refractivity contribution in [2.24, 2.45) is 0 Å². The smallest absolute Gasteiger partial charge is 0.323 e. The zero-order valence-corrected chi connectivity index (χ0v) is 7.80. The molecule has 4 nitrogen and oxygen atoms in total. The molecule has 0 saturated carbocycles. The summed E-state index contributed by atoms with van der Waals surface area (Å²) in [5, 5.41) is 2.52. The van der Waals surface area contributed by atoms with E-state index in [1.165, 1.54) is 0 Å². The lowest BCUT2D eigenvalue weighted by Gasteiger charge is -2.11. The summed E-state index contributed by atoms with van der Waals surface area (Å²) in [6, 6.07) is -0.337. The van der Waals surface area contributed by atoms with Crippen molar-refractivity contribution >= 4 is 34.8 Å². The highest BCUT2D eigenvalue weighted by atomic mass is 127. The van der Waals surface area contributed by atoms with Gasteiger partial charge >= 0.3 is 6.03 Å². The van der Waals surface area contributed by atoms with Gasteiger partial charge in [0.05, 0.1) is 22.9 Å². The van der Waals surface area contributed by atoms with Crippen LogP contribution >= 0.6 is 22.9 Å². The van der Waals surface area contributed by atoms with Crippen LogP contribution in [0.4, 0.5) is 4.79 Å². The molecule has 0 aliphatic carbocycles. The molecule has 1 aliphatic heterocycles. The Hall–Kier alpha value is -0.330. The maximum Gasteiger partial charge on any atom is 0.334 e. The molecule has 10 heavy (non-hydrogen) atoms. The summed E-state index contributed by atoms with van der Waals surface area (Å²) in [4.78, 5) is 21.9. The number of imide groups is 1. The lowest BCUT2D eigenvalue weighted by Crippen LogP contribution is -2.39. The SMILES string of the molecule is CC1(C)NC(=O)N(I)C1=O. The fourth-order valence-corrected chi connectivity index (χ4v) is 1.43. The minimum Gasteiger partial charge on any atom is -0.323 e. The molecule has 1 N–H and O–H groups in total. The van der Waals surface area contributed by atoms with Crippen LogP contribution in [0.15, 0.2) is 0 Å². The van der Waals surface area contributed by atoms with Gasteiger partial charge in [0.25, 0.3) is 5.91 Å². The first-order valence-electron chi connectivity index (χ1n) is 2.77. The van der Waals surface area contributed by atoms with Crippen molar-refractivity contribution in [1.29, 1.82) is 0 Å². The van der Waals surface area contributed by atoms with E-state index < -0.39 is 5.54 Å². The van der Waals surface area contributed by atoms with Crippen LogP contribution in [0.3, 0.4) is 0 Å². The van der Waals surface area contributed by atoms with E-state index in [4.69, 9.17) is 0 Å². The monoisotopic (exact) mass is 254 g/mol. The van der Waals surface area contributed by atoms with Gasteiger partial charge in [0.15, 0.2) is 0 Å². The number of hydrogen-bond acceptors (Lipinski definition) is 2. The molecule has 0 aromatic heterocycles. The van der Waals surface area contributed by atoms with Crippen LogP contribution in [0.5, 0.6) is 0 Å². The van der Waals surface area contributed by atoms with Gasteiger partial charge in [-0.05, 0) is 13.8 Å². The number of carbonyl (C=O) groups is 2. The Balaban J connectivity index is 2.92. The van der Waals surface area contributed by atoms with Crippen molar-refractivity contribution in [1.82, 2.24) is 8.43 Å². The van der Waals surface area contributed by atoms with Crippen LogP contribution in [0, 0.1) is 0 Å². The molecular weight excluding hydrogens is 247 g/mol. The zero-order valence-electron chi connectivity index (χ0n) is 5.64. The second kappa shape index (κ2) is 2.08. The first-order chi connectivity index (χ1) is 4.45. The van der Waals surface area contributed by atoms with Gasteiger partial charge in [-0.2, -0.15) is 0 Å². The third kappa shape index (κ3) is 0.979. The summed E-state index contributed by atoms with van der Waals surface area (Å²) >= 11 is 1.68. The van der Waals surface area contributed by atoms with Crippen molar-refractivity contribution in [3.8, 4) is 0 Å². The van der Waals surface area contributed by atoms with Gasteiger partial charge in [-0.15, -0.1) is 0 Å². The average Bonchev–Trinajstić information content (AvgIpc) is 1.95. The Morgan fingerprint density at radius 3 is 2.10 bits per heavy atom. The van der Waals surface area contributed by atoms with Crippen molar-refractivity contribution in [2.75, 3.05) is 0 Å². The second-order valence-electron chi connectivity index (χ2n) is 2.64. The molecule has 0 unspecified atom stereocenters. The maximum absolute atomic E-state index is 11.1. The third-order valence-corrected chi connectivity index (χ3v) is 2.19. The summed E-state index contributed by atoms with van der Waals surface area (Å²) in [6.07, 6.45) is 0. The summed E-state index contributed by atoms with van der Waals surface area (Å²) in [5.74, 6) is -0.196. The molecule has 0 aromatic carbocycles. The lowest BCUT2D eigenvalue weighted by atomic mass is 10.1. The standard InChI is InChI=1S/C5H7IN2O2/c1-5(2)3(9)8(6)4(10)7-5/h1-2H3,(H,7,10). The molecule has 56 valence electrons. The van der Waals surface area contributed by atoms with Crippen LogP contribution in [0.2, 0.25) is 0 Å². The number of rotatable bonds is 0. The zero-order chi connectivity index (χ0) is 7.94. The van der Waals surface area contributed by atoms with Crippen LogP contribution < -0.4 is 5.32 Å². The molecule has 0 radical (unpaired) electrons. The minimum atomic E-state index is -0.724. The topological polar surface area (TPSA) is 49.4 Å². The fourth-order valence-electron chi connectivity index (χ4n) is 0.708. The lowest BCUT2D eigenvalue weighted by molar-refractivity contribution is -0.125. The highest BCUT2D eigenvalue weighted by Gasteiger charge is 2.43. The molecule has 1 fully saturated rings. The Morgan fingerprint density at radius 1 is 1.50 bits per heavy atom. The Morgan fingerprint density at radius 2 is 2.00 bits per heavy atom. The Kier molecular flexibility index (Phi) is 1.61. The molecule has 1 rings (SSSR count). The van der Waals surface area contributed by atoms with Crippen LogP contribution in [0.1, 0.15) is 13.8 Å². The minimum absolute atomic E-state index is 0.196. The highest BCUT2D eigenvalue weighted by Crippen LogP contribution is 2.19. The largest absolute Gasteiger partial charge is 0.334 e. The summed E-state index contributed by atoms with van der Waals surface area (Å²) in [6.45, 7) is 3.35. The van der Waals surface area contributed by atoms with Crippen LogP contribution in [-0.2, 0) is 4.79 Å². The Labute approximate surface area is 72.4 Å². The first-order valence-corrected chi connectivity index (χ1v) is 3.74. The van der Waals surface area contributed by atoms with E-state index in [0.717, 1.165) is 3.11 Å². The summed E-state index contributed by atoms with van der Waals surface area (Å²) in [7, 11) is 0. The van der Waals surface area contributed by atoms with Gasteiger partial charge in [-0.3, -0.25) is 4.79 Å². The van der Waals surface area contributed by atoms with Crippen molar-refractivity contribution in [3.63, 3.8) is 0 Å². The van der Waals surface area contributed by atoms with Crippen molar-refractivity contribution in [2.45, 2.75) is 19.4 Å². The van der Waals surface area contributed by atoms with Gasteiger partial charge < -0.3 is 5.32 Å². The van der Waals surface area contributed by atoms with Crippen molar-refractivity contribution < 1.29 is 9.59 Å². The quantitative estimate of drug-likeness (QED) is 0.392. The van der Waals surface area contributed by atoms with Crippen molar-refractivity contribution in [3.05, 3.63) is 0 Å². The Bertz CT molecular complexity index is 202. The van der Waals surface area contributed by atoms with E-state index in [1.807, 2.05) is 0 Å². The van der Waals surface area contributed by atoms with E-state index in [-0.39, 0.29) is 11.9 Å². The molecule has 1 heterocycles. The van der Waals surface area contributed by atoms with Gasteiger partial charge in [0.1, 0.15) is 5.54 Å². The van der Waals surface area contributed by atoms with Crippen LogP contribution in [0.25, 0.3) is 0 Å². The van der Waals surface area contributed by atoms with E-state index in [0.29, 0.717) is 0 Å². The molecule has 0 atom stereocenters.